The van der Waals surface area contributed by atoms with Gasteiger partial charge in [0.2, 0.25) is 15.9 Å². The van der Waals surface area contributed by atoms with Crippen molar-refractivity contribution < 1.29 is 22.7 Å². The summed E-state index contributed by atoms with van der Waals surface area (Å²) in [6, 6.07) is 18.7. The molecule has 238 valence electrons. The highest BCUT2D eigenvalue weighted by molar-refractivity contribution is 7.89. The summed E-state index contributed by atoms with van der Waals surface area (Å²) in [4.78, 5) is 18.5. The fourth-order valence-electron chi connectivity index (χ4n) is 5.56. The molecule has 45 heavy (non-hydrogen) atoms. The molecule has 0 aliphatic carbocycles. The molecule has 1 amide bonds. The second-order valence-electron chi connectivity index (χ2n) is 11.3. The monoisotopic (exact) mass is 631 g/mol. The number of fused-ring (bicyclic) bond motifs is 1. The fraction of sp³-hybridized carbons (Fsp3) is 0.353. The Morgan fingerprint density at radius 2 is 1.78 bits per heavy atom. The van der Waals surface area contributed by atoms with E-state index in [-0.39, 0.29) is 17.5 Å². The predicted molar refractivity (Wildman–Crippen MR) is 175 cm³/mol. The zero-order valence-corrected chi connectivity index (χ0v) is 26.8. The Kier molecular flexibility index (Phi) is 10.2. The number of nitrogens with one attached hydrogen (secondary N) is 1. The maximum Gasteiger partial charge on any atom is 0.249 e. The van der Waals surface area contributed by atoms with Crippen LogP contribution in [0.2, 0.25) is 0 Å². The van der Waals surface area contributed by atoms with E-state index in [1.54, 1.807) is 54.9 Å². The topological polar surface area (TPSA) is 127 Å². The van der Waals surface area contributed by atoms with Crippen LogP contribution in [0.4, 0.5) is 5.69 Å². The van der Waals surface area contributed by atoms with Crippen LogP contribution in [0.15, 0.2) is 84.0 Å². The van der Waals surface area contributed by atoms with Crippen LogP contribution in [0.1, 0.15) is 57.2 Å². The maximum absolute atomic E-state index is 14.1. The van der Waals surface area contributed by atoms with Crippen LogP contribution in [0.5, 0.6) is 11.5 Å². The molecule has 4 aromatic rings. The normalized spacial score (nSPS) is 14.7. The molecule has 1 aliphatic rings. The van der Waals surface area contributed by atoms with Crippen molar-refractivity contribution in [3.8, 4) is 11.5 Å². The highest BCUT2D eigenvalue weighted by Gasteiger charge is 2.30. The van der Waals surface area contributed by atoms with Gasteiger partial charge in [-0.15, -0.1) is 0 Å². The average Bonchev–Trinajstić information content (AvgIpc) is 3.05. The third-order valence-corrected chi connectivity index (χ3v) is 9.75. The summed E-state index contributed by atoms with van der Waals surface area (Å²) in [5.74, 6) is 7.41. The molecule has 0 bridgehead atoms. The van der Waals surface area contributed by atoms with Crippen LogP contribution in [0, 0.1) is 0 Å². The molecule has 0 saturated carbocycles. The Labute approximate surface area is 265 Å². The molecule has 3 N–H and O–H groups in total. The highest BCUT2D eigenvalue weighted by atomic mass is 32.2. The van der Waals surface area contributed by atoms with Crippen LogP contribution in [-0.2, 0) is 21.4 Å². The number of nitrogens with zero attached hydrogens (tertiary/aromatic N) is 3. The zero-order chi connectivity index (χ0) is 32.0. The predicted octanol–water partition coefficient (Wildman–Crippen LogP) is 5.33. The quantitative estimate of drug-likeness (QED) is 0.159. The lowest BCUT2D eigenvalue weighted by molar-refractivity contribution is -0.122. The number of nitrogens with two attached hydrogens (primary N) is 1. The summed E-state index contributed by atoms with van der Waals surface area (Å²) in [5, 5.41) is 6.25. The minimum absolute atomic E-state index is 0.00265. The summed E-state index contributed by atoms with van der Waals surface area (Å²) < 4.78 is 40.5. The molecule has 0 radical (unpaired) electrons. The Morgan fingerprint density at radius 1 is 1.00 bits per heavy atom. The van der Waals surface area contributed by atoms with Crippen molar-refractivity contribution >= 4 is 32.4 Å². The third-order valence-electron chi connectivity index (χ3n) is 7.75. The van der Waals surface area contributed by atoms with Gasteiger partial charge in [-0.3, -0.25) is 14.8 Å². The zero-order valence-electron chi connectivity index (χ0n) is 26.0. The largest absolute Gasteiger partial charge is 0.490 e. The van der Waals surface area contributed by atoms with E-state index in [0.717, 1.165) is 30.0 Å². The number of hydrogen-bond acceptors (Lipinski definition) is 8. The van der Waals surface area contributed by atoms with Gasteiger partial charge in [-0.25, -0.2) is 14.3 Å². The number of carbonyl (C=O) groups excluding carboxylic acids is 1. The second-order valence-corrected chi connectivity index (χ2v) is 13.2. The number of amides is 1. The van der Waals surface area contributed by atoms with Crippen molar-refractivity contribution in [2.45, 2.75) is 63.6 Å². The molecule has 0 spiro atoms. The van der Waals surface area contributed by atoms with Crippen molar-refractivity contribution in [1.29, 1.82) is 0 Å². The molecule has 1 aliphatic heterocycles. The fourth-order valence-corrected chi connectivity index (χ4v) is 7.30. The van der Waals surface area contributed by atoms with Crippen LogP contribution in [-0.4, -0.2) is 49.4 Å². The van der Waals surface area contributed by atoms with Gasteiger partial charge in [0.15, 0.2) is 11.5 Å². The van der Waals surface area contributed by atoms with Gasteiger partial charge in [0.1, 0.15) is 6.04 Å². The van der Waals surface area contributed by atoms with Crippen molar-refractivity contribution in [2.24, 2.45) is 5.84 Å². The number of piperidine rings is 1. The molecule has 1 atom stereocenters. The summed E-state index contributed by atoms with van der Waals surface area (Å²) >= 11 is 0. The SMILES string of the molecule is CCOc1cc([C@@H](C(=O)NCc2ccccc2S(=O)(=O)N2CCCCC2)N(N)c2ccc3cnccc3c2)ccc1OC(C)C. The smallest absolute Gasteiger partial charge is 0.249 e. The Balaban J connectivity index is 1.48. The van der Waals surface area contributed by atoms with Gasteiger partial charge < -0.3 is 14.8 Å². The Bertz CT molecular complexity index is 1740. The van der Waals surface area contributed by atoms with Crippen LogP contribution < -0.4 is 25.6 Å². The minimum atomic E-state index is -3.71. The van der Waals surface area contributed by atoms with Crippen LogP contribution >= 0.6 is 0 Å². The van der Waals surface area contributed by atoms with Gasteiger partial charge in [0, 0.05) is 37.4 Å². The van der Waals surface area contributed by atoms with Crippen molar-refractivity contribution in [1.82, 2.24) is 14.6 Å². The summed E-state index contributed by atoms with van der Waals surface area (Å²) in [7, 11) is -3.71. The van der Waals surface area contributed by atoms with Gasteiger partial charge in [-0.05, 0) is 86.5 Å². The molecule has 5 rings (SSSR count). The molecule has 1 fully saturated rings. The first-order chi connectivity index (χ1) is 21.7. The lowest BCUT2D eigenvalue weighted by Gasteiger charge is -2.30. The van der Waals surface area contributed by atoms with Gasteiger partial charge in [0.25, 0.3) is 0 Å². The average molecular weight is 632 g/mol. The minimum Gasteiger partial charge on any atom is -0.490 e. The van der Waals surface area contributed by atoms with E-state index >= 15 is 0 Å². The number of hydrazine groups is 1. The summed E-state index contributed by atoms with van der Waals surface area (Å²) in [6.07, 6.45) is 6.08. The highest BCUT2D eigenvalue weighted by Crippen LogP contribution is 2.35. The summed E-state index contributed by atoms with van der Waals surface area (Å²) in [6.45, 7) is 7.14. The molecule has 2 heterocycles. The van der Waals surface area contributed by atoms with Crippen molar-refractivity contribution in [3.05, 3.63) is 90.3 Å². The van der Waals surface area contributed by atoms with E-state index in [4.69, 9.17) is 15.3 Å². The Hall–Kier alpha value is -4.19. The second kappa shape index (κ2) is 14.3. The van der Waals surface area contributed by atoms with E-state index in [2.05, 4.69) is 10.3 Å². The number of benzene rings is 3. The molecule has 1 saturated heterocycles. The molecule has 10 nitrogen and oxygen atoms in total. The summed E-state index contributed by atoms with van der Waals surface area (Å²) in [5.41, 5.74) is 1.70. The van der Waals surface area contributed by atoms with E-state index in [1.807, 2.05) is 45.0 Å². The lowest BCUT2D eigenvalue weighted by atomic mass is 10.0. The molecular weight excluding hydrogens is 590 g/mol. The standard InChI is InChI=1S/C34H41N5O5S/c1-4-43-31-21-26(13-15-30(31)44-24(2)3)33(39(35)29-14-12-27-22-36-17-16-25(27)20-29)34(40)37-23-28-10-6-7-11-32(28)45(41,42)38-18-8-5-9-19-38/h6-7,10-17,20-22,24,33H,4-5,8-9,18-19,23,35H2,1-3H3,(H,37,40)/t33-/m0/s1. The number of ether oxygens (including phenoxy) is 2. The van der Waals surface area contributed by atoms with E-state index in [1.165, 1.54) is 9.31 Å². The van der Waals surface area contributed by atoms with Crippen molar-refractivity contribution in [2.75, 3.05) is 24.7 Å². The lowest BCUT2D eigenvalue weighted by Crippen LogP contribution is -2.44. The number of hydrogen-bond donors (Lipinski definition) is 2. The molecular formula is C34H41N5O5S. The first-order valence-corrected chi connectivity index (χ1v) is 16.8. The maximum atomic E-state index is 14.1. The number of sulfonamides is 1. The first-order valence-electron chi connectivity index (χ1n) is 15.4. The van der Waals surface area contributed by atoms with E-state index < -0.39 is 22.0 Å². The van der Waals surface area contributed by atoms with Crippen molar-refractivity contribution in [3.63, 3.8) is 0 Å². The molecule has 0 unspecified atom stereocenters. The number of carbonyl (C=O) groups is 1. The van der Waals surface area contributed by atoms with Gasteiger partial charge in [0.05, 0.1) is 23.3 Å². The van der Waals surface area contributed by atoms with Crippen LogP contribution in [0.25, 0.3) is 10.8 Å². The number of pyridine rings is 1. The third kappa shape index (κ3) is 7.38. The first kappa shape index (κ1) is 32.2. The van der Waals surface area contributed by atoms with E-state index in [9.17, 15) is 13.2 Å². The molecule has 1 aromatic heterocycles. The van der Waals surface area contributed by atoms with Crippen LogP contribution in [0.3, 0.4) is 0 Å². The number of rotatable bonds is 12. The molecule has 3 aromatic carbocycles. The molecule has 11 heteroatoms. The Morgan fingerprint density at radius 3 is 2.53 bits per heavy atom. The van der Waals surface area contributed by atoms with Gasteiger partial charge >= 0.3 is 0 Å². The number of aromatic nitrogens is 1. The number of anilines is 1. The van der Waals surface area contributed by atoms with E-state index in [0.29, 0.717) is 48.0 Å². The van der Waals surface area contributed by atoms with Gasteiger partial charge in [-0.2, -0.15) is 4.31 Å². The van der Waals surface area contributed by atoms with Gasteiger partial charge in [-0.1, -0.05) is 36.8 Å².